The van der Waals surface area contributed by atoms with E-state index in [0.717, 1.165) is 35.7 Å². The molecule has 3 amide bonds. The molecule has 2 aromatic rings. The lowest BCUT2D eigenvalue weighted by Crippen LogP contribution is -2.53. The van der Waals surface area contributed by atoms with E-state index in [9.17, 15) is 9.59 Å². The molecule has 1 spiro atoms. The monoisotopic (exact) mass is 441 g/mol. The summed E-state index contributed by atoms with van der Waals surface area (Å²) in [5.41, 5.74) is 1.61. The minimum Gasteiger partial charge on any atom is -0.497 e. The number of carbonyl (C=O) groups excluding carboxylic acids is 2. The highest BCUT2D eigenvalue weighted by Gasteiger charge is 2.49. The van der Waals surface area contributed by atoms with Crippen molar-refractivity contribution in [2.75, 3.05) is 42.8 Å². The number of hydrogen-bond acceptors (Lipinski definition) is 5. The lowest BCUT2D eigenvalue weighted by Gasteiger charge is -2.43. The number of thioether (sulfide) groups is 1. The Hall–Kier alpha value is -2.87. The number of piperidine rings is 1. The maximum absolute atomic E-state index is 12.8. The first-order valence-electron chi connectivity index (χ1n) is 10.4. The van der Waals surface area contributed by atoms with Crippen molar-refractivity contribution in [3.05, 3.63) is 48.5 Å². The van der Waals surface area contributed by atoms with Gasteiger partial charge in [-0.25, -0.2) is 4.79 Å². The second-order valence-corrected chi connectivity index (χ2v) is 8.87. The molecule has 7 nitrogen and oxygen atoms in total. The van der Waals surface area contributed by atoms with Gasteiger partial charge in [-0.05, 0) is 68.3 Å². The van der Waals surface area contributed by atoms with Crippen LogP contribution in [0.4, 0.5) is 16.2 Å². The quantitative estimate of drug-likeness (QED) is 0.753. The fraction of sp³-hybridized carbons (Fsp3) is 0.391. The minimum atomic E-state index is -0.304. The molecule has 2 heterocycles. The van der Waals surface area contributed by atoms with Crippen molar-refractivity contribution in [1.82, 2.24) is 4.90 Å². The first-order chi connectivity index (χ1) is 15.0. The van der Waals surface area contributed by atoms with Gasteiger partial charge in [0.1, 0.15) is 11.5 Å². The summed E-state index contributed by atoms with van der Waals surface area (Å²) in [5.74, 6) is 2.12. The molecule has 0 atom stereocenters. The van der Waals surface area contributed by atoms with E-state index in [1.54, 1.807) is 18.9 Å². The summed E-state index contributed by atoms with van der Waals surface area (Å²) in [6.45, 7) is 3.73. The van der Waals surface area contributed by atoms with Gasteiger partial charge in [0, 0.05) is 24.5 Å². The predicted molar refractivity (Wildman–Crippen MR) is 123 cm³/mol. The Kier molecular flexibility index (Phi) is 6.27. The second-order valence-electron chi connectivity index (χ2n) is 7.54. The van der Waals surface area contributed by atoms with Crippen molar-refractivity contribution >= 4 is 35.1 Å². The first-order valence-corrected chi connectivity index (χ1v) is 11.4. The van der Waals surface area contributed by atoms with Gasteiger partial charge in [0.15, 0.2) is 0 Å². The van der Waals surface area contributed by atoms with Crippen LogP contribution in [0, 0.1) is 0 Å². The van der Waals surface area contributed by atoms with Crippen molar-refractivity contribution < 1.29 is 19.1 Å². The standard InChI is InChI=1S/C23H27N3O4S/c1-3-30-20-8-4-17(5-9-20)24-22(28)25-14-12-23(13-15-25)26(21(27)16-31-23)18-6-10-19(29-2)11-7-18/h4-11H,3,12-16H2,1-2H3,(H,24,28). The molecular formula is C23H27N3O4S. The smallest absolute Gasteiger partial charge is 0.321 e. The molecule has 0 unspecified atom stereocenters. The highest BCUT2D eigenvalue weighted by molar-refractivity contribution is 8.02. The highest BCUT2D eigenvalue weighted by Crippen LogP contribution is 2.47. The van der Waals surface area contributed by atoms with Gasteiger partial charge in [0.05, 0.1) is 24.3 Å². The number of nitrogens with one attached hydrogen (secondary N) is 1. The third-order valence-electron chi connectivity index (χ3n) is 5.70. The Bertz CT molecular complexity index is 925. The molecule has 0 aromatic heterocycles. The average molecular weight is 442 g/mol. The summed E-state index contributed by atoms with van der Waals surface area (Å²) in [7, 11) is 1.63. The largest absolute Gasteiger partial charge is 0.497 e. The zero-order valence-corrected chi connectivity index (χ0v) is 18.6. The topological polar surface area (TPSA) is 71.1 Å². The number of ether oxygens (including phenoxy) is 2. The third kappa shape index (κ3) is 4.44. The number of rotatable bonds is 5. The third-order valence-corrected chi connectivity index (χ3v) is 7.22. The van der Waals surface area contributed by atoms with Gasteiger partial charge in [-0.1, -0.05) is 0 Å². The predicted octanol–water partition coefficient (Wildman–Crippen LogP) is 4.20. The van der Waals surface area contributed by atoms with Gasteiger partial charge in [-0.3, -0.25) is 9.69 Å². The fourth-order valence-electron chi connectivity index (χ4n) is 4.09. The summed E-state index contributed by atoms with van der Waals surface area (Å²) in [6, 6.07) is 14.8. The molecule has 2 fully saturated rings. The van der Waals surface area contributed by atoms with Crippen LogP contribution in [0.5, 0.6) is 11.5 Å². The number of methoxy groups -OCH3 is 1. The Morgan fingerprint density at radius 3 is 2.32 bits per heavy atom. The number of likely N-dealkylation sites (tertiary alicyclic amines) is 1. The molecule has 31 heavy (non-hydrogen) atoms. The number of hydrogen-bond donors (Lipinski definition) is 1. The van der Waals surface area contributed by atoms with Gasteiger partial charge >= 0.3 is 6.03 Å². The van der Waals surface area contributed by atoms with E-state index in [1.807, 2.05) is 65.3 Å². The normalized spacial score (nSPS) is 17.7. The fourth-order valence-corrected chi connectivity index (χ4v) is 5.42. The molecular weight excluding hydrogens is 414 g/mol. The average Bonchev–Trinajstić information content (AvgIpc) is 3.11. The van der Waals surface area contributed by atoms with Crippen LogP contribution < -0.4 is 19.7 Å². The van der Waals surface area contributed by atoms with Crippen molar-refractivity contribution in [3.8, 4) is 11.5 Å². The minimum absolute atomic E-state index is 0.113. The molecule has 2 aliphatic rings. The number of anilines is 2. The van der Waals surface area contributed by atoms with E-state index >= 15 is 0 Å². The maximum Gasteiger partial charge on any atom is 0.321 e. The lowest BCUT2D eigenvalue weighted by atomic mass is 10.0. The van der Waals surface area contributed by atoms with Gasteiger partial charge in [-0.2, -0.15) is 0 Å². The molecule has 0 bridgehead atoms. The first kappa shape index (κ1) is 21.4. The number of amides is 3. The van der Waals surface area contributed by atoms with E-state index in [0.29, 0.717) is 25.4 Å². The Morgan fingerprint density at radius 2 is 1.71 bits per heavy atom. The molecule has 0 aliphatic carbocycles. The van der Waals surface area contributed by atoms with Crippen LogP contribution in [0.2, 0.25) is 0 Å². The van der Waals surface area contributed by atoms with Crippen molar-refractivity contribution in [3.63, 3.8) is 0 Å². The summed E-state index contributed by atoms with van der Waals surface area (Å²) in [6.07, 6.45) is 1.46. The van der Waals surface area contributed by atoms with Crippen LogP contribution in [0.15, 0.2) is 48.5 Å². The SMILES string of the molecule is CCOc1ccc(NC(=O)N2CCC3(CC2)SCC(=O)N3c2ccc(OC)cc2)cc1. The van der Waals surface area contributed by atoms with Crippen LogP contribution in [-0.2, 0) is 4.79 Å². The highest BCUT2D eigenvalue weighted by atomic mass is 32.2. The Morgan fingerprint density at radius 1 is 1.06 bits per heavy atom. The number of carbonyl (C=O) groups is 2. The van der Waals surface area contributed by atoms with Crippen LogP contribution in [0.25, 0.3) is 0 Å². The Labute approximate surface area is 186 Å². The van der Waals surface area contributed by atoms with Gasteiger partial charge < -0.3 is 19.7 Å². The van der Waals surface area contributed by atoms with Crippen LogP contribution >= 0.6 is 11.8 Å². The molecule has 164 valence electrons. The van der Waals surface area contributed by atoms with Crippen molar-refractivity contribution in [2.45, 2.75) is 24.6 Å². The molecule has 4 rings (SSSR count). The second kappa shape index (κ2) is 9.09. The Balaban J connectivity index is 1.40. The van der Waals surface area contributed by atoms with Gasteiger partial charge in [-0.15, -0.1) is 11.8 Å². The summed E-state index contributed by atoms with van der Waals surface area (Å²) in [5, 5.41) is 2.95. The summed E-state index contributed by atoms with van der Waals surface area (Å²) >= 11 is 1.68. The van der Waals surface area contributed by atoms with E-state index in [-0.39, 0.29) is 16.8 Å². The molecule has 8 heteroatoms. The molecule has 2 aliphatic heterocycles. The van der Waals surface area contributed by atoms with Crippen molar-refractivity contribution in [1.29, 1.82) is 0 Å². The van der Waals surface area contributed by atoms with Crippen LogP contribution in [0.3, 0.4) is 0 Å². The van der Waals surface area contributed by atoms with E-state index in [1.165, 1.54) is 0 Å². The molecule has 2 saturated heterocycles. The molecule has 2 aromatic carbocycles. The number of urea groups is 1. The van der Waals surface area contributed by atoms with E-state index in [2.05, 4.69) is 5.32 Å². The van der Waals surface area contributed by atoms with Crippen LogP contribution in [0.1, 0.15) is 19.8 Å². The zero-order valence-electron chi connectivity index (χ0n) is 17.8. The zero-order chi connectivity index (χ0) is 21.8. The van der Waals surface area contributed by atoms with Crippen LogP contribution in [-0.4, -0.2) is 54.3 Å². The van der Waals surface area contributed by atoms with E-state index < -0.39 is 0 Å². The summed E-state index contributed by atoms with van der Waals surface area (Å²) < 4.78 is 10.7. The van der Waals surface area contributed by atoms with E-state index in [4.69, 9.17) is 9.47 Å². The van der Waals surface area contributed by atoms with Gasteiger partial charge in [0.2, 0.25) is 5.91 Å². The number of nitrogens with zero attached hydrogens (tertiary/aromatic N) is 2. The molecule has 1 N–H and O–H groups in total. The lowest BCUT2D eigenvalue weighted by molar-refractivity contribution is -0.116. The molecule has 0 saturated carbocycles. The van der Waals surface area contributed by atoms with Gasteiger partial charge in [0.25, 0.3) is 0 Å². The maximum atomic E-state index is 12.8. The molecule has 0 radical (unpaired) electrons. The number of benzene rings is 2. The van der Waals surface area contributed by atoms with Crippen molar-refractivity contribution in [2.24, 2.45) is 0 Å². The summed E-state index contributed by atoms with van der Waals surface area (Å²) in [4.78, 5) is 28.9.